The summed E-state index contributed by atoms with van der Waals surface area (Å²) in [7, 11) is 1.80. The zero-order valence-corrected chi connectivity index (χ0v) is 19.3. The number of piperazine rings is 1. The molecule has 1 N–H and O–H groups in total. The van der Waals surface area contributed by atoms with Crippen LogP contribution in [0.4, 0.5) is 5.69 Å². The lowest BCUT2D eigenvalue weighted by atomic mass is 10.2. The van der Waals surface area contributed by atoms with Crippen LogP contribution in [0.2, 0.25) is 0 Å². The van der Waals surface area contributed by atoms with E-state index < -0.39 is 0 Å². The first-order valence-electron chi connectivity index (χ1n) is 12.0. The second-order valence-electron chi connectivity index (χ2n) is 8.85. The van der Waals surface area contributed by atoms with Crippen molar-refractivity contribution in [3.63, 3.8) is 0 Å². The van der Waals surface area contributed by atoms with E-state index in [-0.39, 0.29) is 11.8 Å². The first-order valence-corrected chi connectivity index (χ1v) is 12.0. The van der Waals surface area contributed by atoms with Crippen LogP contribution in [-0.4, -0.2) is 98.4 Å². The molecule has 0 unspecified atom stereocenters. The SMILES string of the molecule is CN=C(NCCCC(=O)N1CCc2ccccc21)N1CCN(CC(=O)N2CCCC2)CC1. The quantitative estimate of drug-likeness (QED) is 0.409. The Morgan fingerprint density at radius 1 is 0.938 bits per heavy atom. The average molecular weight is 441 g/mol. The minimum absolute atomic E-state index is 0.197. The fourth-order valence-corrected chi connectivity index (χ4v) is 4.88. The number of likely N-dealkylation sites (tertiary alicyclic amines) is 1. The highest BCUT2D eigenvalue weighted by atomic mass is 16.2. The van der Waals surface area contributed by atoms with Gasteiger partial charge in [0.15, 0.2) is 5.96 Å². The van der Waals surface area contributed by atoms with Crippen molar-refractivity contribution in [2.24, 2.45) is 4.99 Å². The number of anilines is 1. The first kappa shape index (κ1) is 22.6. The predicted molar refractivity (Wildman–Crippen MR) is 127 cm³/mol. The maximum Gasteiger partial charge on any atom is 0.236 e. The van der Waals surface area contributed by atoms with Crippen molar-refractivity contribution in [3.05, 3.63) is 29.8 Å². The number of aliphatic imine (C=N–C) groups is 1. The smallest absolute Gasteiger partial charge is 0.236 e. The number of hydrogen-bond donors (Lipinski definition) is 1. The molecule has 8 heteroatoms. The number of guanidine groups is 1. The molecule has 2 fully saturated rings. The van der Waals surface area contributed by atoms with Gasteiger partial charge >= 0.3 is 0 Å². The summed E-state index contributed by atoms with van der Waals surface area (Å²) in [5.74, 6) is 1.35. The molecule has 0 aliphatic carbocycles. The van der Waals surface area contributed by atoms with Crippen molar-refractivity contribution in [1.29, 1.82) is 0 Å². The summed E-state index contributed by atoms with van der Waals surface area (Å²) in [5, 5.41) is 3.42. The van der Waals surface area contributed by atoms with Gasteiger partial charge in [-0.25, -0.2) is 0 Å². The molecule has 1 aromatic carbocycles. The minimum Gasteiger partial charge on any atom is -0.356 e. The Bertz CT molecular complexity index is 828. The molecule has 8 nitrogen and oxygen atoms in total. The molecule has 0 spiro atoms. The van der Waals surface area contributed by atoms with Crippen LogP contribution < -0.4 is 10.2 Å². The summed E-state index contributed by atoms with van der Waals surface area (Å²) < 4.78 is 0. The van der Waals surface area contributed by atoms with Crippen LogP contribution in [0, 0.1) is 0 Å². The molecule has 0 saturated carbocycles. The highest BCUT2D eigenvalue weighted by Gasteiger charge is 2.25. The summed E-state index contributed by atoms with van der Waals surface area (Å²) in [6, 6.07) is 8.18. The van der Waals surface area contributed by atoms with E-state index in [4.69, 9.17) is 0 Å². The maximum absolute atomic E-state index is 12.7. The fourth-order valence-electron chi connectivity index (χ4n) is 4.88. The van der Waals surface area contributed by atoms with Gasteiger partial charge in [-0.15, -0.1) is 0 Å². The van der Waals surface area contributed by atoms with Gasteiger partial charge in [-0.05, 0) is 37.3 Å². The maximum atomic E-state index is 12.7. The second kappa shape index (κ2) is 10.8. The van der Waals surface area contributed by atoms with Gasteiger partial charge in [-0.2, -0.15) is 0 Å². The Morgan fingerprint density at radius 2 is 1.69 bits per heavy atom. The molecule has 2 saturated heterocycles. The zero-order chi connectivity index (χ0) is 22.3. The van der Waals surface area contributed by atoms with E-state index in [0.29, 0.717) is 13.0 Å². The fraction of sp³-hybridized carbons (Fsp3) is 0.625. The standard InChI is InChI=1S/C24H36N6O2/c1-25-24(29-17-15-27(16-18-29)19-23(32)28-12-4-5-13-28)26-11-6-9-22(31)30-14-10-20-7-2-3-8-21(20)30/h2-3,7-8H,4-6,9-19H2,1H3,(H,25,26). The highest BCUT2D eigenvalue weighted by Crippen LogP contribution is 2.28. The summed E-state index contributed by atoms with van der Waals surface area (Å²) in [5.41, 5.74) is 2.34. The van der Waals surface area contributed by atoms with Gasteiger partial charge in [0.25, 0.3) is 0 Å². The van der Waals surface area contributed by atoms with Crippen molar-refractivity contribution in [2.75, 3.05) is 70.9 Å². The summed E-state index contributed by atoms with van der Waals surface area (Å²) >= 11 is 0. The monoisotopic (exact) mass is 440 g/mol. The van der Waals surface area contributed by atoms with Crippen molar-refractivity contribution in [2.45, 2.75) is 32.1 Å². The molecule has 2 amide bonds. The van der Waals surface area contributed by atoms with E-state index in [1.807, 2.05) is 28.0 Å². The van der Waals surface area contributed by atoms with E-state index in [0.717, 1.165) is 89.7 Å². The van der Waals surface area contributed by atoms with Crippen LogP contribution in [0.3, 0.4) is 0 Å². The number of nitrogens with one attached hydrogen (secondary N) is 1. The molecular weight excluding hydrogens is 404 g/mol. The molecule has 0 radical (unpaired) electrons. The zero-order valence-electron chi connectivity index (χ0n) is 19.3. The summed E-state index contributed by atoms with van der Waals surface area (Å²) in [4.78, 5) is 37.9. The Hall–Kier alpha value is -2.61. The Kier molecular flexibility index (Phi) is 7.63. The van der Waals surface area contributed by atoms with Gasteiger partial charge < -0.3 is 20.0 Å². The lowest BCUT2D eigenvalue weighted by Gasteiger charge is -2.36. The third kappa shape index (κ3) is 5.41. The van der Waals surface area contributed by atoms with Crippen molar-refractivity contribution in [3.8, 4) is 0 Å². The molecule has 0 aromatic heterocycles. The Labute approximate surface area is 191 Å². The summed E-state index contributed by atoms with van der Waals surface area (Å²) in [6.07, 6.45) is 4.53. The number of carbonyl (C=O) groups is 2. The van der Waals surface area contributed by atoms with E-state index >= 15 is 0 Å². The van der Waals surface area contributed by atoms with Crippen molar-refractivity contribution >= 4 is 23.5 Å². The molecule has 32 heavy (non-hydrogen) atoms. The average Bonchev–Trinajstić information content (AvgIpc) is 3.50. The lowest BCUT2D eigenvalue weighted by molar-refractivity contribution is -0.131. The van der Waals surface area contributed by atoms with E-state index in [9.17, 15) is 9.59 Å². The molecule has 174 valence electrons. The number of hydrogen-bond acceptors (Lipinski definition) is 4. The largest absolute Gasteiger partial charge is 0.356 e. The number of carbonyl (C=O) groups excluding carboxylic acids is 2. The van der Waals surface area contributed by atoms with Crippen LogP contribution in [0.1, 0.15) is 31.2 Å². The molecule has 1 aromatic rings. The van der Waals surface area contributed by atoms with Crippen molar-refractivity contribution < 1.29 is 9.59 Å². The van der Waals surface area contributed by atoms with Crippen LogP contribution in [0.5, 0.6) is 0 Å². The van der Waals surface area contributed by atoms with Gasteiger partial charge in [0.2, 0.25) is 11.8 Å². The molecule has 3 aliphatic heterocycles. The number of rotatable bonds is 6. The first-order chi connectivity index (χ1) is 15.7. The Balaban J connectivity index is 1.15. The van der Waals surface area contributed by atoms with E-state index in [1.54, 1.807) is 7.05 Å². The van der Waals surface area contributed by atoms with Crippen LogP contribution in [0.15, 0.2) is 29.3 Å². The van der Waals surface area contributed by atoms with Crippen LogP contribution in [0.25, 0.3) is 0 Å². The number of para-hydroxylation sites is 1. The lowest BCUT2D eigenvalue weighted by Crippen LogP contribution is -2.54. The van der Waals surface area contributed by atoms with Gasteiger partial charge in [0, 0.05) is 71.5 Å². The van der Waals surface area contributed by atoms with Gasteiger partial charge in [0.1, 0.15) is 0 Å². The van der Waals surface area contributed by atoms with Crippen molar-refractivity contribution in [1.82, 2.24) is 20.0 Å². The topological polar surface area (TPSA) is 71.5 Å². The number of benzene rings is 1. The van der Waals surface area contributed by atoms with Crippen LogP contribution in [-0.2, 0) is 16.0 Å². The minimum atomic E-state index is 0.197. The highest BCUT2D eigenvalue weighted by molar-refractivity contribution is 5.95. The molecular formula is C24H36N6O2. The molecule has 0 bridgehead atoms. The number of amides is 2. The third-order valence-corrected chi connectivity index (χ3v) is 6.74. The van der Waals surface area contributed by atoms with E-state index in [2.05, 4.69) is 26.2 Å². The molecule has 4 rings (SSSR count). The Morgan fingerprint density at radius 3 is 2.44 bits per heavy atom. The molecule has 3 heterocycles. The predicted octanol–water partition coefficient (Wildman–Crippen LogP) is 1.17. The molecule has 3 aliphatic rings. The number of fused-ring (bicyclic) bond motifs is 1. The molecule has 0 atom stereocenters. The second-order valence-corrected chi connectivity index (χ2v) is 8.85. The van der Waals surface area contributed by atoms with Gasteiger partial charge in [0.05, 0.1) is 6.54 Å². The van der Waals surface area contributed by atoms with Gasteiger partial charge in [-0.3, -0.25) is 19.5 Å². The van der Waals surface area contributed by atoms with Gasteiger partial charge in [-0.1, -0.05) is 18.2 Å². The normalized spacial score (nSPS) is 19.4. The van der Waals surface area contributed by atoms with E-state index in [1.165, 1.54) is 5.56 Å². The third-order valence-electron chi connectivity index (χ3n) is 6.74. The summed E-state index contributed by atoms with van der Waals surface area (Å²) in [6.45, 7) is 7.33. The van der Waals surface area contributed by atoms with Crippen LogP contribution >= 0.6 is 0 Å². The number of nitrogens with zero attached hydrogens (tertiary/aromatic N) is 5.